The van der Waals surface area contributed by atoms with E-state index in [0.29, 0.717) is 17.1 Å². The Hall–Kier alpha value is -2.57. The molecule has 154 valence electrons. The van der Waals surface area contributed by atoms with E-state index in [1.54, 1.807) is 24.3 Å². The van der Waals surface area contributed by atoms with Crippen LogP contribution < -0.4 is 15.8 Å². The molecule has 1 fully saturated rings. The summed E-state index contributed by atoms with van der Waals surface area (Å²) in [7, 11) is 1.89. The number of piperidine rings is 1. The number of carbonyl (C=O) groups is 2. The van der Waals surface area contributed by atoms with Gasteiger partial charge in [0.05, 0.1) is 17.1 Å². The van der Waals surface area contributed by atoms with Gasteiger partial charge in [-0.05, 0) is 50.1 Å². The molecule has 1 saturated heterocycles. The summed E-state index contributed by atoms with van der Waals surface area (Å²) in [6.45, 7) is 2.97. The molecule has 0 aliphatic carbocycles. The topological polar surface area (TPSA) is 64.7 Å². The molecule has 1 aliphatic heterocycles. The zero-order chi connectivity index (χ0) is 20.6. The zero-order valence-corrected chi connectivity index (χ0v) is 17.4. The molecule has 1 heterocycles. The molecule has 0 aromatic heterocycles. The standard InChI is InChI=1S/C22H27ClN4O2/c1-26(15-17-9-3-6-12-20(17)27-13-7-2-8-14-27)16-21(28)24-25-22(29)18-10-4-5-11-19(18)23/h3-6,9-12H,2,7-8,13-16H2,1H3,(H,24,28)(H,25,29). The third-order valence-electron chi connectivity index (χ3n) is 4.98. The summed E-state index contributed by atoms with van der Waals surface area (Å²) in [5.74, 6) is -0.731. The summed E-state index contributed by atoms with van der Waals surface area (Å²) in [6.07, 6.45) is 3.73. The molecule has 0 unspecified atom stereocenters. The van der Waals surface area contributed by atoms with Crippen LogP contribution >= 0.6 is 11.6 Å². The van der Waals surface area contributed by atoms with Crippen LogP contribution in [0.5, 0.6) is 0 Å². The van der Waals surface area contributed by atoms with Crippen molar-refractivity contribution < 1.29 is 9.59 Å². The number of hydrogen-bond donors (Lipinski definition) is 2. The molecule has 0 bridgehead atoms. The first-order chi connectivity index (χ1) is 14.0. The van der Waals surface area contributed by atoms with Gasteiger partial charge in [-0.2, -0.15) is 0 Å². The van der Waals surface area contributed by atoms with Gasteiger partial charge in [0, 0.05) is 25.3 Å². The average molecular weight is 415 g/mol. The summed E-state index contributed by atoms with van der Waals surface area (Å²) in [6, 6.07) is 15.0. The molecule has 2 aromatic carbocycles. The van der Waals surface area contributed by atoms with Gasteiger partial charge < -0.3 is 4.90 Å². The zero-order valence-electron chi connectivity index (χ0n) is 16.7. The van der Waals surface area contributed by atoms with Crippen molar-refractivity contribution in [2.24, 2.45) is 0 Å². The number of nitrogens with one attached hydrogen (secondary N) is 2. The van der Waals surface area contributed by atoms with Crippen molar-refractivity contribution in [3.63, 3.8) is 0 Å². The van der Waals surface area contributed by atoms with Crippen LogP contribution in [0.25, 0.3) is 0 Å². The number of benzene rings is 2. The van der Waals surface area contributed by atoms with Crippen LogP contribution in [-0.2, 0) is 11.3 Å². The minimum Gasteiger partial charge on any atom is -0.371 e. The molecule has 29 heavy (non-hydrogen) atoms. The van der Waals surface area contributed by atoms with E-state index in [0.717, 1.165) is 13.1 Å². The molecule has 0 saturated carbocycles. The third-order valence-corrected chi connectivity index (χ3v) is 5.31. The minimum atomic E-state index is -0.443. The molecule has 0 radical (unpaired) electrons. The molecular weight excluding hydrogens is 388 g/mol. The molecule has 1 aliphatic rings. The molecule has 2 aromatic rings. The van der Waals surface area contributed by atoms with Crippen LogP contribution in [0.4, 0.5) is 5.69 Å². The molecular formula is C22H27ClN4O2. The summed E-state index contributed by atoms with van der Waals surface area (Å²) < 4.78 is 0. The van der Waals surface area contributed by atoms with E-state index in [-0.39, 0.29) is 12.5 Å². The van der Waals surface area contributed by atoms with Crippen molar-refractivity contribution in [3.05, 3.63) is 64.7 Å². The second-order valence-electron chi connectivity index (χ2n) is 7.33. The Morgan fingerprint density at radius 3 is 2.45 bits per heavy atom. The maximum atomic E-state index is 12.2. The number of carbonyl (C=O) groups excluding carboxylic acids is 2. The largest absolute Gasteiger partial charge is 0.371 e. The number of para-hydroxylation sites is 1. The van der Waals surface area contributed by atoms with E-state index >= 15 is 0 Å². The fourth-order valence-electron chi connectivity index (χ4n) is 3.56. The number of hydrazine groups is 1. The summed E-state index contributed by atoms with van der Waals surface area (Å²) in [4.78, 5) is 28.7. The highest BCUT2D eigenvalue weighted by molar-refractivity contribution is 6.33. The van der Waals surface area contributed by atoms with E-state index in [4.69, 9.17) is 11.6 Å². The Balaban J connectivity index is 1.52. The van der Waals surface area contributed by atoms with Gasteiger partial charge in [0.1, 0.15) is 0 Å². The fourth-order valence-corrected chi connectivity index (χ4v) is 3.78. The average Bonchev–Trinajstić information content (AvgIpc) is 2.73. The van der Waals surface area contributed by atoms with Gasteiger partial charge in [0.25, 0.3) is 11.8 Å². The van der Waals surface area contributed by atoms with Gasteiger partial charge in [-0.1, -0.05) is 41.9 Å². The van der Waals surface area contributed by atoms with Gasteiger partial charge in [0.15, 0.2) is 0 Å². The summed E-state index contributed by atoms with van der Waals surface area (Å²) in [5, 5.41) is 0.339. The van der Waals surface area contributed by atoms with Crippen LogP contribution in [0.1, 0.15) is 35.2 Å². The molecule has 3 rings (SSSR count). The number of rotatable bonds is 6. The Bertz CT molecular complexity index is 852. The number of hydrogen-bond acceptors (Lipinski definition) is 4. The lowest BCUT2D eigenvalue weighted by Gasteiger charge is -2.31. The number of likely N-dealkylation sites (N-methyl/N-ethyl adjacent to an activating group) is 1. The van der Waals surface area contributed by atoms with Crippen molar-refractivity contribution in [2.45, 2.75) is 25.8 Å². The van der Waals surface area contributed by atoms with E-state index in [1.165, 1.54) is 30.5 Å². The summed E-state index contributed by atoms with van der Waals surface area (Å²) in [5.41, 5.74) is 7.63. The third kappa shape index (κ3) is 5.95. The minimum absolute atomic E-state index is 0.164. The van der Waals surface area contributed by atoms with Gasteiger partial charge in [-0.15, -0.1) is 0 Å². The Morgan fingerprint density at radius 2 is 1.69 bits per heavy atom. The predicted molar refractivity (Wildman–Crippen MR) is 116 cm³/mol. The fraction of sp³-hybridized carbons (Fsp3) is 0.364. The normalized spacial score (nSPS) is 14.0. The van der Waals surface area contributed by atoms with Crippen LogP contribution in [0, 0.1) is 0 Å². The lowest BCUT2D eigenvalue weighted by atomic mass is 10.1. The lowest BCUT2D eigenvalue weighted by molar-refractivity contribution is -0.122. The highest BCUT2D eigenvalue weighted by Crippen LogP contribution is 2.25. The van der Waals surface area contributed by atoms with Crippen molar-refractivity contribution in [1.82, 2.24) is 15.8 Å². The van der Waals surface area contributed by atoms with Gasteiger partial charge in [-0.3, -0.25) is 25.3 Å². The van der Waals surface area contributed by atoms with E-state index in [9.17, 15) is 9.59 Å². The maximum absolute atomic E-state index is 12.2. The van der Waals surface area contributed by atoms with Gasteiger partial charge in [-0.25, -0.2) is 0 Å². The van der Waals surface area contributed by atoms with Crippen LogP contribution in [0.3, 0.4) is 0 Å². The SMILES string of the molecule is CN(CC(=O)NNC(=O)c1ccccc1Cl)Cc1ccccc1N1CCCCC1. The van der Waals surface area contributed by atoms with Gasteiger partial charge >= 0.3 is 0 Å². The van der Waals surface area contributed by atoms with Crippen molar-refractivity contribution >= 4 is 29.1 Å². The molecule has 7 heteroatoms. The Labute approximate surface area is 176 Å². The van der Waals surface area contributed by atoms with Crippen LogP contribution in [0.2, 0.25) is 5.02 Å². The second-order valence-corrected chi connectivity index (χ2v) is 7.74. The van der Waals surface area contributed by atoms with Crippen molar-refractivity contribution in [3.8, 4) is 0 Å². The van der Waals surface area contributed by atoms with Crippen molar-refractivity contribution in [1.29, 1.82) is 0 Å². The number of nitrogens with zero attached hydrogens (tertiary/aromatic N) is 2. The Kier molecular flexibility index (Phi) is 7.49. The highest BCUT2D eigenvalue weighted by Gasteiger charge is 2.16. The van der Waals surface area contributed by atoms with Gasteiger partial charge in [0.2, 0.25) is 0 Å². The van der Waals surface area contributed by atoms with Crippen molar-refractivity contribution in [2.75, 3.05) is 31.6 Å². The quantitative estimate of drug-likeness (QED) is 0.712. The van der Waals surface area contributed by atoms with E-state index in [2.05, 4.69) is 34.0 Å². The molecule has 6 nitrogen and oxygen atoms in total. The predicted octanol–water partition coefficient (Wildman–Crippen LogP) is 3.22. The van der Waals surface area contributed by atoms with Crippen LogP contribution in [-0.4, -0.2) is 43.4 Å². The monoisotopic (exact) mass is 414 g/mol. The summed E-state index contributed by atoms with van der Waals surface area (Å²) >= 11 is 6.00. The number of amides is 2. The molecule has 0 atom stereocenters. The van der Waals surface area contributed by atoms with Crippen LogP contribution in [0.15, 0.2) is 48.5 Å². The smallest absolute Gasteiger partial charge is 0.271 e. The highest BCUT2D eigenvalue weighted by atomic mass is 35.5. The first kappa shape index (κ1) is 21.1. The first-order valence-electron chi connectivity index (χ1n) is 9.89. The Morgan fingerprint density at radius 1 is 1.00 bits per heavy atom. The van der Waals surface area contributed by atoms with E-state index < -0.39 is 5.91 Å². The molecule has 2 N–H and O–H groups in total. The molecule has 2 amide bonds. The number of halogens is 1. The number of anilines is 1. The molecule has 0 spiro atoms. The first-order valence-corrected chi connectivity index (χ1v) is 10.3. The van der Waals surface area contributed by atoms with E-state index in [1.807, 2.05) is 18.0 Å². The lowest BCUT2D eigenvalue weighted by Crippen LogP contribution is -2.45. The second kappa shape index (κ2) is 10.3. The maximum Gasteiger partial charge on any atom is 0.271 e.